The lowest BCUT2D eigenvalue weighted by atomic mass is 9.92. The zero-order valence-corrected chi connectivity index (χ0v) is 13.7. The molecule has 1 heterocycles. The zero-order valence-electron chi connectivity index (χ0n) is 13.7. The Labute approximate surface area is 138 Å². The van der Waals surface area contributed by atoms with Crippen LogP contribution in [0.2, 0.25) is 0 Å². The van der Waals surface area contributed by atoms with Gasteiger partial charge in [0.15, 0.2) is 0 Å². The van der Waals surface area contributed by atoms with E-state index in [4.69, 9.17) is 0 Å². The van der Waals surface area contributed by atoms with E-state index in [1.165, 1.54) is 16.7 Å². The molecule has 0 radical (unpaired) electrons. The molecule has 120 valence electrons. The molecule has 3 rings (SSSR count). The van der Waals surface area contributed by atoms with Gasteiger partial charge in [-0.2, -0.15) is 0 Å². The number of amides is 1. The van der Waals surface area contributed by atoms with Gasteiger partial charge in [0.25, 0.3) is 0 Å². The Morgan fingerprint density at radius 3 is 2.65 bits per heavy atom. The zero-order chi connectivity index (χ0) is 16.1. The van der Waals surface area contributed by atoms with Crippen molar-refractivity contribution in [2.75, 3.05) is 13.1 Å². The molecule has 1 unspecified atom stereocenters. The summed E-state index contributed by atoms with van der Waals surface area (Å²) in [5.41, 5.74) is 3.83. The van der Waals surface area contributed by atoms with Crippen molar-refractivity contribution in [1.29, 1.82) is 0 Å². The van der Waals surface area contributed by atoms with Gasteiger partial charge in [0.1, 0.15) is 0 Å². The third-order valence-electron chi connectivity index (χ3n) is 4.55. The highest BCUT2D eigenvalue weighted by atomic mass is 16.2. The minimum Gasteiger partial charge on any atom is -0.339 e. The van der Waals surface area contributed by atoms with Crippen LogP contribution in [0.1, 0.15) is 36.1 Å². The lowest BCUT2D eigenvalue weighted by Crippen LogP contribution is -2.36. The predicted molar refractivity (Wildman–Crippen MR) is 93.0 cm³/mol. The fourth-order valence-electron chi connectivity index (χ4n) is 3.26. The molecule has 1 N–H and O–H groups in total. The summed E-state index contributed by atoms with van der Waals surface area (Å²) in [7, 11) is 0. The van der Waals surface area contributed by atoms with Crippen molar-refractivity contribution in [3.05, 3.63) is 71.3 Å². The lowest BCUT2D eigenvalue weighted by molar-refractivity contribution is -0.132. The molecule has 0 fully saturated rings. The van der Waals surface area contributed by atoms with Crippen molar-refractivity contribution in [2.24, 2.45) is 0 Å². The molecule has 0 saturated carbocycles. The van der Waals surface area contributed by atoms with Crippen molar-refractivity contribution in [1.82, 2.24) is 10.2 Å². The highest BCUT2D eigenvalue weighted by molar-refractivity contribution is 5.77. The van der Waals surface area contributed by atoms with Gasteiger partial charge >= 0.3 is 0 Å². The fraction of sp³-hybridized carbons (Fsp3) is 0.350. The number of benzene rings is 2. The van der Waals surface area contributed by atoms with E-state index in [1.54, 1.807) is 0 Å². The van der Waals surface area contributed by atoms with Crippen molar-refractivity contribution in [2.45, 2.75) is 32.4 Å². The molecule has 23 heavy (non-hydrogen) atoms. The second kappa shape index (κ2) is 7.42. The molecule has 1 amide bonds. The van der Waals surface area contributed by atoms with Gasteiger partial charge < -0.3 is 10.2 Å². The number of carbonyl (C=O) groups excluding carboxylic acids is 1. The molecule has 3 heteroatoms. The molecular formula is C20H24N2O. The summed E-state index contributed by atoms with van der Waals surface area (Å²) in [5, 5.41) is 3.50. The first-order chi connectivity index (χ1) is 11.3. The van der Waals surface area contributed by atoms with E-state index in [9.17, 15) is 4.79 Å². The van der Waals surface area contributed by atoms with E-state index in [-0.39, 0.29) is 11.9 Å². The molecule has 0 saturated heterocycles. The molecule has 1 aliphatic heterocycles. The average molecular weight is 308 g/mol. The second-order valence-electron chi connectivity index (χ2n) is 6.05. The van der Waals surface area contributed by atoms with E-state index in [0.717, 1.165) is 19.5 Å². The topological polar surface area (TPSA) is 32.3 Å². The maximum absolute atomic E-state index is 12.7. The maximum Gasteiger partial charge on any atom is 0.224 e. The number of hydrogen-bond donors (Lipinski definition) is 1. The Bertz CT molecular complexity index is 654. The minimum absolute atomic E-state index is 0.136. The van der Waals surface area contributed by atoms with Crippen molar-refractivity contribution in [3.8, 4) is 0 Å². The maximum atomic E-state index is 12.7. The number of fused-ring (bicyclic) bond motifs is 1. The van der Waals surface area contributed by atoms with E-state index in [2.05, 4.69) is 41.7 Å². The van der Waals surface area contributed by atoms with Crippen LogP contribution in [0.5, 0.6) is 0 Å². The smallest absolute Gasteiger partial charge is 0.224 e. The van der Waals surface area contributed by atoms with E-state index < -0.39 is 0 Å². The van der Waals surface area contributed by atoms with E-state index >= 15 is 0 Å². The van der Waals surface area contributed by atoms with Gasteiger partial charge in [-0.3, -0.25) is 4.79 Å². The molecule has 0 bridgehead atoms. The monoisotopic (exact) mass is 308 g/mol. The van der Waals surface area contributed by atoms with Crippen LogP contribution in [-0.2, 0) is 17.8 Å². The first-order valence-corrected chi connectivity index (χ1v) is 8.41. The summed E-state index contributed by atoms with van der Waals surface area (Å²) in [4.78, 5) is 14.7. The molecule has 0 spiro atoms. The highest BCUT2D eigenvalue weighted by Gasteiger charge is 2.23. The van der Waals surface area contributed by atoms with E-state index in [1.807, 2.05) is 30.0 Å². The van der Waals surface area contributed by atoms with Gasteiger partial charge in [-0.1, -0.05) is 54.6 Å². The highest BCUT2D eigenvalue weighted by Crippen LogP contribution is 2.26. The Balaban J connectivity index is 1.68. The Morgan fingerprint density at radius 1 is 1.13 bits per heavy atom. The summed E-state index contributed by atoms with van der Waals surface area (Å²) in [6.45, 7) is 4.41. The number of nitrogens with zero attached hydrogens (tertiary/aromatic N) is 1. The van der Waals surface area contributed by atoms with Gasteiger partial charge in [0.2, 0.25) is 5.91 Å². The van der Waals surface area contributed by atoms with Gasteiger partial charge in [-0.05, 0) is 36.6 Å². The van der Waals surface area contributed by atoms with Crippen molar-refractivity contribution in [3.63, 3.8) is 0 Å². The third-order valence-corrected chi connectivity index (χ3v) is 4.55. The number of carbonyl (C=O) groups is 1. The Kier molecular flexibility index (Phi) is 5.09. The summed E-state index contributed by atoms with van der Waals surface area (Å²) in [6.07, 6.45) is 1.57. The average Bonchev–Trinajstić information content (AvgIpc) is 2.61. The first-order valence-electron chi connectivity index (χ1n) is 8.41. The van der Waals surface area contributed by atoms with Crippen LogP contribution in [0, 0.1) is 0 Å². The van der Waals surface area contributed by atoms with Crippen LogP contribution in [-0.4, -0.2) is 23.9 Å². The molecule has 0 aliphatic carbocycles. The first kappa shape index (κ1) is 15.8. The number of rotatable bonds is 5. The van der Waals surface area contributed by atoms with Crippen LogP contribution < -0.4 is 5.32 Å². The lowest BCUT2D eigenvalue weighted by Gasteiger charge is -2.29. The van der Waals surface area contributed by atoms with Gasteiger partial charge in [-0.25, -0.2) is 0 Å². The molecule has 1 atom stereocenters. The fourth-order valence-corrected chi connectivity index (χ4v) is 3.26. The standard InChI is InChI=1S/C20H24N2O/c1-2-22(15-16-8-4-3-5-9-16)20(23)14-19-18-11-7-6-10-17(18)12-13-21-19/h3-11,19,21H,2,12-15H2,1H3. The summed E-state index contributed by atoms with van der Waals surface area (Å²) in [5.74, 6) is 0.213. The quantitative estimate of drug-likeness (QED) is 0.919. The molecule has 0 aromatic heterocycles. The largest absolute Gasteiger partial charge is 0.339 e. The van der Waals surface area contributed by atoms with Crippen LogP contribution in [0.3, 0.4) is 0 Å². The van der Waals surface area contributed by atoms with Crippen molar-refractivity contribution >= 4 is 5.91 Å². The summed E-state index contributed by atoms with van der Waals surface area (Å²) < 4.78 is 0. The van der Waals surface area contributed by atoms with Crippen LogP contribution in [0.25, 0.3) is 0 Å². The van der Waals surface area contributed by atoms with Crippen LogP contribution in [0.4, 0.5) is 0 Å². The summed E-state index contributed by atoms with van der Waals surface area (Å²) in [6, 6.07) is 18.8. The van der Waals surface area contributed by atoms with Crippen LogP contribution >= 0.6 is 0 Å². The second-order valence-corrected chi connectivity index (χ2v) is 6.05. The molecule has 1 aliphatic rings. The van der Waals surface area contributed by atoms with Gasteiger partial charge in [-0.15, -0.1) is 0 Å². The minimum atomic E-state index is 0.136. The third kappa shape index (κ3) is 3.80. The Morgan fingerprint density at radius 2 is 1.87 bits per heavy atom. The number of hydrogen-bond acceptors (Lipinski definition) is 2. The van der Waals surface area contributed by atoms with Crippen LogP contribution in [0.15, 0.2) is 54.6 Å². The Hall–Kier alpha value is -2.13. The SMILES string of the molecule is CCN(Cc1ccccc1)C(=O)CC1NCCc2ccccc21. The molecule has 2 aromatic rings. The molecule has 3 nitrogen and oxygen atoms in total. The summed E-state index contributed by atoms with van der Waals surface area (Å²) >= 11 is 0. The van der Waals surface area contributed by atoms with Crippen molar-refractivity contribution < 1.29 is 4.79 Å². The normalized spacial score (nSPS) is 16.7. The van der Waals surface area contributed by atoms with Gasteiger partial charge in [0.05, 0.1) is 0 Å². The molecule has 2 aromatic carbocycles. The number of nitrogens with one attached hydrogen (secondary N) is 1. The van der Waals surface area contributed by atoms with Gasteiger partial charge in [0, 0.05) is 25.6 Å². The molecular weight excluding hydrogens is 284 g/mol. The van der Waals surface area contributed by atoms with E-state index in [0.29, 0.717) is 13.0 Å². The predicted octanol–water partition coefficient (Wildman–Crippen LogP) is 3.31.